The predicted molar refractivity (Wildman–Crippen MR) is 73.8 cm³/mol. The Morgan fingerprint density at radius 3 is 2.82 bits per heavy atom. The fourth-order valence-electron chi connectivity index (χ4n) is 2.35. The van der Waals surface area contributed by atoms with Crippen LogP contribution >= 0.6 is 0 Å². The molecule has 1 aromatic heterocycles. The second-order valence-electron chi connectivity index (χ2n) is 4.98. The summed E-state index contributed by atoms with van der Waals surface area (Å²) in [6.45, 7) is 2.49. The third-order valence-corrected chi connectivity index (χ3v) is 3.39. The Morgan fingerprint density at radius 2 is 2.18 bits per heavy atom. The highest BCUT2D eigenvalue weighted by atomic mass is 19.1. The summed E-state index contributed by atoms with van der Waals surface area (Å²) in [5.74, 6) is -2.55. The van der Waals surface area contributed by atoms with E-state index < -0.39 is 23.0 Å². The van der Waals surface area contributed by atoms with Gasteiger partial charge in [-0.2, -0.15) is 0 Å². The lowest BCUT2D eigenvalue weighted by molar-refractivity contribution is 0.0524. The van der Waals surface area contributed by atoms with Gasteiger partial charge in [-0.05, 0) is 13.0 Å². The number of pyridine rings is 1. The number of benzene rings is 1. The lowest BCUT2D eigenvalue weighted by Crippen LogP contribution is -2.22. The molecule has 0 bridgehead atoms. The van der Waals surface area contributed by atoms with Crippen LogP contribution in [0.2, 0.25) is 0 Å². The number of carbonyl (C=O) groups excluding carboxylic acids is 1. The lowest BCUT2D eigenvalue weighted by atomic mass is 10.1. The largest absolute Gasteiger partial charge is 0.462 e. The van der Waals surface area contributed by atoms with Crippen LogP contribution in [0.25, 0.3) is 10.9 Å². The van der Waals surface area contributed by atoms with Crippen molar-refractivity contribution >= 4 is 16.9 Å². The number of aromatic nitrogens is 1. The van der Waals surface area contributed by atoms with Crippen molar-refractivity contribution < 1.29 is 23.0 Å². The van der Waals surface area contributed by atoms with Crippen molar-refractivity contribution in [1.29, 1.82) is 0 Å². The second-order valence-corrected chi connectivity index (χ2v) is 4.98. The Labute approximate surface area is 124 Å². The minimum atomic E-state index is -0.877. The van der Waals surface area contributed by atoms with Crippen LogP contribution in [0.5, 0.6) is 0 Å². The molecule has 0 saturated carbocycles. The number of hydrogen-bond acceptors (Lipinski definition) is 4. The minimum Gasteiger partial charge on any atom is -0.462 e. The minimum absolute atomic E-state index is 0.0463. The van der Waals surface area contributed by atoms with Crippen molar-refractivity contribution in [3.05, 3.63) is 45.8 Å². The van der Waals surface area contributed by atoms with Crippen LogP contribution in [0.3, 0.4) is 0 Å². The molecule has 1 unspecified atom stereocenters. The van der Waals surface area contributed by atoms with E-state index in [1.54, 1.807) is 6.92 Å². The summed E-state index contributed by atoms with van der Waals surface area (Å²) in [5, 5.41) is -0.191. The molecule has 7 heteroatoms. The summed E-state index contributed by atoms with van der Waals surface area (Å²) in [7, 11) is 0. The highest BCUT2D eigenvalue weighted by Gasteiger charge is 2.26. The van der Waals surface area contributed by atoms with E-state index >= 15 is 0 Å². The van der Waals surface area contributed by atoms with Gasteiger partial charge in [-0.15, -0.1) is 0 Å². The third-order valence-electron chi connectivity index (χ3n) is 3.39. The Bertz CT molecular complexity index is 811. The van der Waals surface area contributed by atoms with Crippen LogP contribution in [-0.2, 0) is 16.0 Å². The summed E-state index contributed by atoms with van der Waals surface area (Å²) in [5.41, 5.74) is -1.05. The first kappa shape index (κ1) is 14.6. The zero-order valence-corrected chi connectivity index (χ0v) is 11.8. The summed E-state index contributed by atoms with van der Waals surface area (Å²) in [6.07, 6.45) is 1.14. The molecule has 0 aliphatic carbocycles. The van der Waals surface area contributed by atoms with Gasteiger partial charge in [0.2, 0.25) is 5.43 Å². The van der Waals surface area contributed by atoms with E-state index in [1.807, 2.05) is 0 Å². The van der Waals surface area contributed by atoms with Crippen LogP contribution in [0.15, 0.2) is 23.1 Å². The first-order valence-electron chi connectivity index (χ1n) is 6.82. The number of nitrogens with zero attached hydrogens (tertiary/aromatic N) is 1. The summed E-state index contributed by atoms with van der Waals surface area (Å²) in [6, 6.07) is 1.63. The predicted octanol–water partition coefficient (Wildman–Crippen LogP) is 1.86. The van der Waals surface area contributed by atoms with Gasteiger partial charge in [0.1, 0.15) is 11.4 Å². The topological polar surface area (TPSA) is 60.8 Å². The highest BCUT2D eigenvalue weighted by molar-refractivity contribution is 5.93. The number of rotatable bonds is 4. The lowest BCUT2D eigenvalue weighted by Gasteiger charge is -2.13. The highest BCUT2D eigenvalue weighted by Crippen LogP contribution is 2.21. The van der Waals surface area contributed by atoms with E-state index in [4.69, 9.17) is 9.47 Å². The number of esters is 1. The average Bonchev–Trinajstić information content (AvgIpc) is 3.25. The average molecular weight is 309 g/mol. The summed E-state index contributed by atoms with van der Waals surface area (Å²) < 4.78 is 38.8. The number of carbonyl (C=O) groups is 1. The zero-order chi connectivity index (χ0) is 15.9. The molecule has 1 aromatic carbocycles. The summed E-state index contributed by atoms with van der Waals surface area (Å²) >= 11 is 0. The molecule has 2 aromatic rings. The standard InChI is InChI=1S/C15H13F2NO4/c1-2-21-15(20)11-6-18(5-9-7-22-9)13-10(14(11)19)3-8(16)4-12(13)17/h3-4,6,9H,2,5,7H2,1H3. The molecule has 0 radical (unpaired) electrons. The monoisotopic (exact) mass is 309 g/mol. The molecular formula is C15H13F2NO4. The number of fused-ring (bicyclic) bond motifs is 1. The van der Waals surface area contributed by atoms with Crippen molar-refractivity contribution in [2.45, 2.75) is 19.6 Å². The van der Waals surface area contributed by atoms with E-state index in [9.17, 15) is 18.4 Å². The van der Waals surface area contributed by atoms with Gasteiger partial charge in [0.05, 0.1) is 36.8 Å². The van der Waals surface area contributed by atoms with Crippen LogP contribution in [0, 0.1) is 11.6 Å². The fraction of sp³-hybridized carbons (Fsp3) is 0.333. The SMILES string of the molecule is CCOC(=O)c1cn(CC2CO2)c2c(F)cc(F)cc2c1=O. The van der Waals surface area contributed by atoms with Gasteiger partial charge in [-0.25, -0.2) is 13.6 Å². The molecule has 22 heavy (non-hydrogen) atoms. The van der Waals surface area contributed by atoms with Gasteiger partial charge in [-0.3, -0.25) is 4.79 Å². The van der Waals surface area contributed by atoms with Crippen LogP contribution in [-0.4, -0.2) is 29.9 Å². The molecule has 2 heterocycles. The number of hydrogen-bond donors (Lipinski definition) is 0. The molecule has 1 atom stereocenters. The van der Waals surface area contributed by atoms with Crippen molar-refractivity contribution in [3.63, 3.8) is 0 Å². The van der Waals surface area contributed by atoms with E-state index in [2.05, 4.69) is 0 Å². The Morgan fingerprint density at radius 1 is 1.45 bits per heavy atom. The van der Waals surface area contributed by atoms with Crippen molar-refractivity contribution in [1.82, 2.24) is 4.57 Å². The number of ether oxygens (including phenoxy) is 2. The van der Waals surface area contributed by atoms with E-state index in [-0.39, 0.29) is 35.7 Å². The number of halogens is 2. The smallest absolute Gasteiger partial charge is 0.343 e. The Kier molecular flexibility index (Phi) is 3.66. The van der Waals surface area contributed by atoms with Crippen LogP contribution in [0.1, 0.15) is 17.3 Å². The van der Waals surface area contributed by atoms with Gasteiger partial charge >= 0.3 is 5.97 Å². The van der Waals surface area contributed by atoms with Crippen molar-refractivity contribution in [2.24, 2.45) is 0 Å². The molecule has 0 N–H and O–H groups in total. The Balaban J connectivity index is 2.27. The van der Waals surface area contributed by atoms with E-state index in [1.165, 1.54) is 10.8 Å². The molecule has 1 fully saturated rings. The maximum absolute atomic E-state index is 14.1. The maximum atomic E-state index is 14.1. The van der Waals surface area contributed by atoms with Gasteiger partial charge in [0.15, 0.2) is 5.82 Å². The maximum Gasteiger partial charge on any atom is 0.343 e. The molecule has 1 saturated heterocycles. The number of epoxide rings is 1. The van der Waals surface area contributed by atoms with Crippen molar-refractivity contribution in [2.75, 3.05) is 13.2 Å². The Hall–Kier alpha value is -2.28. The molecule has 0 spiro atoms. The second kappa shape index (κ2) is 5.49. The first-order valence-corrected chi connectivity index (χ1v) is 6.82. The van der Waals surface area contributed by atoms with Gasteiger partial charge in [0.25, 0.3) is 0 Å². The molecule has 3 rings (SSSR count). The molecule has 116 valence electrons. The molecule has 5 nitrogen and oxygen atoms in total. The van der Waals surface area contributed by atoms with Crippen LogP contribution < -0.4 is 5.43 Å². The first-order chi connectivity index (χ1) is 10.5. The van der Waals surface area contributed by atoms with Gasteiger partial charge in [0, 0.05) is 12.3 Å². The van der Waals surface area contributed by atoms with E-state index in [0.29, 0.717) is 12.7 Å². The van der Waals surface area contributed by atoms with Crippen molar-refractivity contribution in [3.8, 4) is 0 Å². The molecular weight excluding hydrogens is 296 g/mol. The molecule has 1 aliphatic rings. The fourth-order valence-corrected chi connectivity index (χ4v) is 2.35. The zero-order valence-electron chi connectivity index (χ0n) is 11.8. The van der Waals surface area contributed by atoms with Crippen LogP contribution in [0.4, 0.5) is 8.78 Å². The summed E-state index contributed by atoms with van der Waals surface area (Å²) in [4.78, 5) is 24.2. The van der Waals surface area contributed by atoms with Gasteiger partial charge < -0.3 is 14.0 Å². The van der Waals surface area contributed by atoms with Gasteiger partial charge in [-0.1, -0.05) is 0 Å². The molecule has 0 amide bonds. The molecule has 1 aliphatic heterocycles. The van der Waals surface area contributed by atoms with E-state index in [0.717, 1.165) is 6.07 Å². The normalized spacial score (nSPS) is 16.8. The quantitative estimate of drug-likeness (QED) is 0.639. The third kappa shape index (κ3) is 2.59.